The summed E-state index contributed by atoms with van der Waals surface area (Å²) in [6.07, 6.45) is 0. The summed E-state index contributed by atoms with van der Waals surface area (Å²) >= 11 is 0. The van der Waals surface area contributed by atoms with Crippen LogP contribution in [0.2, 0.25) is 0 Å². The molecule has 0 aliphatic carbocycles. The van der Waals surface area contributed by atoms with Crippen LogP contribution in [0.5, 0.6) is 5.75 Å². The van der Waals surface area contributed by atoms with Gasteiger partial charge in [-0.05, 0) is 44.2 Å². The van der Waals surface area contributed by atoms with Crippen molar-refractivity contribution < 1.29 is 19.6 Å². The Hall–Kier alpha value is -4.28. The number of aromatic hydroxyl groups is 1. The molecule has 0 unspecified atom stereocenters. The van der Waals surface area contributed by atoms with Gasteiger partial charge < -0.3 is 9.84 Å². The van der Waals surface area contributed by atoms with Gasteiger partial charge in [-0.25, -0.2) is 9.48 Å². The molecule has 30 heavy (non-hydrogen) atoms. The third kappa shape index (κ3) is 4.09. The average molecular weight is 411 g/mol. The Morgan fingerprint density at radius 3 is 2.57 bits per heavy atom. The van der Waals surface area contributed by atoms with Crippen LogP contribution in [0.15, 0.2) is 57.5 Å². The number of carbonyl (C=O) groups excluding carboxylic acids is 1. The van der Waals surface area contributed by atoms with E-state index in [4.69, 9.17) is 4.74 Å². The van der Waals surface area contributed by atoms with Crippen molar-refractivity contribution in [1.82, 2.24) is 9.78 Å². The van der Waals surface area contributed by atoms with Gasteiger partial charge in [0.25, 0.3) is 11.2 Å². The molecule has 0 radical (unpaired) electrons. The lowest BCUT2D eigenvalue weighted by atomic mass is 10.2. The van der Waals surface area contributed by atoms with E-state index in [1.807, 2.05) is 0 Å². The van der Waals surface area contributed by atoms with Crippen molar-refractivity contribution in [3.63, 3.8) is 0 Å². The number of aromatic amines is 1. The number of phenolic OH excluding ortho intramolecular Hbond substituents is 1. The number of non-ortho nitro benzene ring substituents is 1. The summed E-state index contributed by atoms with van der Waals surface area (Å²) in [6, 6.07) is 9.49. The van der Waals surface area contributed by atoms with Crippen LogP contribution < -0.4 is 5.56 Å². The Morgan fingerprint density at radius 1 is 1.23 bits per heavy atom. The van der Waals surface area contributed by atoms with Gasteiger partial charge in [0.05, 0.1) is 28.5 Å². The van der Waals surface area contributed by atoms with Crippen molar-refractivity contribution in [3.05, 3.63) is 74.2 Å². The number of nitrogens with zero attached hydrogens (tertiary/aromatic N) is 4. The van der Waals surface area contributed by atoms with Crippen LogP contribution in [0.3, 0.4) is 0 Å². The fourth-order valence-corrected chi connectivity index (χ4v) is 2.61. The number of ether oxygens (including phenoxy) is 1. The summed E-state index contributed by atoms with van der Waals surface area (Å²) in [5.41, 5.74) is 0.221. The minimum atomic E-state index is -0.632. The second-order valence-corrected chi connectivity index (χ2v) is 6.12. The highest BCUT2D eigenvalue weighted by molar-refractivity contribution is 5.89. The second kappa shape index (κ2) is 8.39. The number of hydrogen-bond acceptors (Lipinski definition) is 8. The summed E-state index contributed by atoms with van der Waals surface area (Å²) < 4.78 is 6.14. The van der Waals surface area contributed by atoms with E-state index >= 15 is 0 Å². The van der Waals surface area contributed by atoms with E-state index in [-0.39, 0.29) is 29.4 Å². The Morgan fingerprint density at radius 2 is 1.93 bits per heavy atom. The van der Waals surface area contributed by atoms with Crippen molar-refractivity contribution in [1.29, 1.82) is 0 Å². The first-order valence-corrected chi connectivity index (χ1v) is 8.80. The molecule has 0 saturated carbocycles. The van der Waals surface area contributed by atoms with Crippen LogP contribution in [0.1, 0.15) is 23.0 Å². The number of hydrogen-bond donors (Lipinski definition) is 2. The molecule has 0 fully saturated rings. The minimum Gasteiger partial charge on any atom is -0.506 e. The zero-order valence-corrected chi connectivity index (χ0v) is 16.0. The number of esters is 1. The fourth-order valence-electron chi connectivity index (χ4n) is 2.61. The zero-order chi connectivity index (χ0) is 21.8. The highest BCUT2D eigenvalue weighted by atomic mass is 16.6. The first kappa shape index (κ1) is 20.5. The molecule has 2 aromatic carbocycles. The monoisotopic (exact) mass is 411 g/mol. The predicted octanol–water partition coefficient (Wildman–Crippen LogP) is 3.68. The molecule has 0 spiro atoms. The van der Waals surface area contributed by atoms with E-state index in [2.05, 4.69) is 15.3 Å². The zero-order valence-electron chi connectivity index (χ0n) is 16.0. The van der Waals surface area contributed by atoms with Crippen LogP contribution in [0.4, 0.5) is 17.1 Å². The smallest absolute Gasteiger partial charge is 0.338 e. The SMILES string of the molecule is CCOC(=O)c1ccc(-n2[nH]c(C)c(N=Nc3cc([N+](=O)[O-])ccc3O)c2=O)cc1. The standard InChI is InChI=1S/C19H17N5O6/c1-3-30-19(27)12-4-6-13(7-5-12)23-18(26)17(11(2)22-23)21-20-15-10-14(24(28)29)8-9-16(15)25/h4-10,22,25H,3H2,1-2H3. The normalized spacial score (nSPS) is 11.0. The van der Waals surface area contributed by atoms with Crippen LogP contribution in [-0.4, -0.2) is 32.4 Å². The molecule has 11 heteroatoms. The number of carbonyl (C=O) groups is 1. The number of aryl methyl sites for hydroxylation is 1. The average Bonchev–Trinajstić information content (AvgIpc) is 3.01. The number of aromatic nitrogens is 2. The van der Waals surface area contributed by atoms with E-state index in [0.29, 0.717) is 16.9 Å². The lowest BCUT2D eigenvalue weighted by Crippen LogP contribution is -2.14. The fraction of sp³-hybridized carbons (Fsp3) is 0.158. The number of H-pyrrole nitrogens is 1. The van der Waals surface area contributed by atoms with Gasteiger partial charge >= 0.3 is 5.97 Å². The molecule has 0 bridgehead atoms. The molecule has 0 aliphatic rings. The Bertz CT molecular complexity index is 1190. The lowest BCUT2D eigenvalue weighted by Gasteiger charge is -2.04. The third-order valence-corrected chi connectivity index (χ3v) is 4.10. The maximum Gasteiger partial charge on any atom is 0.338 e. The molecular weight excluding hydrogens is 394 g/mol. The molecule has 154 valence electrons. The van der Waals surface area contributed by atoms with Crippen molar-refractivity contribution >= 4 is 23.0 Å². The molecule has 3 rings (SSSR count). The number of benzene rings is 2. The molecule has 11 nitrogen and oxygen atoms in total. The number of nitro benzene ring substituents is 1. The number of nitro groups is 1. The summed E-state index contributed by atoms with van der Waals surface area (Å²) in [5, 5.41) is 31.2. The number of phenols is 1. The lowest BCUT2D eigenvalue weighted by molar-refractivity contribution is -0.384. The number of azo groups is 1. The first-order chi connectivity index (χ1) is 14.3. The molecule has 1 aromatic heterocycles. The summed E-state index contributed by atoms with van der Waals surface area (Å²) in [6.45, 7) is 3.56. The van der Waals surface area contributed by atoms with E-state index in [1.54, 1.807) is 26.0 Å². The van der Waals surface area contributed by atoms with Gasteiger partial charge in [0, 0.05) is 12.1 Å². The molecule has 1 heterocycles. The summed E-state index contributed by atoms with van der Waals surface area (Å²) in [7, 11) is 0. The quantitative estimate of drug-likeness (QED) is 0.273. The van der Waals surface area contributed by atoms with E-state index in [1.165, 1.54) is 16.8 Å². The van der Waals surface area contributed by atoms with E-state index < -0.39 is 16.5 Å². The van der Waals surface area contributed by atoms with Gasteiger partial charge in [-0.3, -0.25) is 20.0 Å². The maximum atomic E-state index is 12.7. The Balaban J connectivity index is 1.92. The minimum absolute atomic E-state index is 0.0321. The van der Waals surface area contributed by atoms with Crippen molar-refractivity contribution in [3.8, 4) is 11.4 Å². The first-order valence-electron chi connectivity index (χ1n) is 8.80. The summed E-state index contributed by atoms with van der Waals surface area (Å²) in [4.78, 5) is 34.7. The second-order valence-electron chi connectivity index (χ2n) is 6.12. The van der Waals surface area contributed by atoms with Gasteiger partial charge in [-0.15, -0.1) is 10.2 Å². The highest BCUT2D eigenvalue weighted by Crippen LogP contribution is 2.31. The van der Waals surface area contributed by atoms with Gasteiger partial charge in [0.2, 0.25) is 0 Å². The van der Waals surface area contributed by atoms with Crippen LogP contribution in [-0.2, 0) is 4.74 Å². The van der Waals surface area contributed by atoms with Crippen LogP contribution in [0, 0.1) is 17.0 Å². The van der Waals surface area contributed by atoms with Gasteiger partial charge in [0.1, 0.15) is 11.4 Å². The third-order valence-electron chi connectivity index (χ3n) is 4.10. The molecule has 0 amide bonds. The van der Waals surface area contributed by atoms with Crippen molar-refractivity contribution in [2.75, 3.05) is 6.61 Å². The van der Waals surface area contributed by atoms with Gasteiger partial charge in [0.15, 0.2) is 5.69 Å². The van der Waals surface area contributed by atoms with Gasteiger partial charge in [-0.1, -0.05) is 0 Å². The number of rotatable bonds is 6. The van der Waals surface area contributed by atoms with E-state index in [9.17, 15) is 24.8 Å². The Kier molecular flexibility index (Phi) is 5.72. The molecule has 0 saturated heterocycles. The largest absolute Gasteiger partial charge is 0.506 e. The van der Waals surface area contributed by atoms with E-state index in [0.717, 1.165) is 18.2 Å². The molecule has 0 aliphatic heterocycles. The molecular formula is C19H17N5O6. The molecule has 2 N–H and O–H groups in total. The van der Waals surface area contributed by atoms with Crippen molar-refractivity contribution in [2.24, 2.45) is 10.2 Å². The topological polar surface area (TPSA) is 152 Å². The Labute approximate surface area is 169 Å². The van der Waals surface area contributed by atoms with Crippen LogP contribution in [0.25, 0.3) is 5.69 Å². The van der Waals surface area contributed by atoms with Gasteiger partial charge in [-0.2, -0.15) is 0 Å². The van der Waals surface area contributed by atoms with Crippen LogP contribution >= 0.6 is 0 Å². The maximum absolute atomic E-state index is 12.7. The predicted molar refractivity (Wildman–Crippen MR) is 106 cm³/mol. The van der Waals surface area contributed by atoms with Crippen molar-refractivity contribution in [2.45, 2.75) is 13.8 Å². The molecule has 0 atom stereocenters. The molecule has 3 aromatic rings. The summed E-state index contributed by atoms with van der Waals surface area (Å²) in [5.74, 6) is -0.780. The number of nitrogens with one attached hydrogen (secondary N) is 1. The highest BCUT2D eigenvalue weighted by Gasteiger charge is 2.15.